The second kappa shape index (κ2) is 7.68. The zero-order valence-corrected chi connectivity index (χ0v) is 13.7. The second-order valence-corrected chi connectivity index (χ2v) is 6.94. The fourth-order valence-corrected chi connectivity index (χ4v) is 3.83. The van der Waals surface area contributed by atoms with Crippen LogP contribution < -0.4 is 5.32 Å². The SMILES string of the molecule is CCc1ccc(CCC(=O)NC2(C(=O)O)CCSCC2)cc1. The maximum atomic E-state index is 12.1. The van der Waals surface area contributed by atoms with Gasteiger partial charge in [0.15, 0.2) is 0 Å². The number of rotatable bonds is 6. The van der Waals surface area contributed by atoms with Crippen molar-refractivity contribution < 1.29 is 14.7 Å². The molecule has 22 heavy (non-hydrogen) atoms. The standard InChI is InChI=1S/C17H23NO3S/c1-2-13-3-5-14(6-4-13)7-8-15(19)18-17(16(20)21)9-11-22-12-10-17/h3-6H,2,7-12H2,1H3,(H,18,19)(H,20,21). The van der Waals surface area contributed by atoms with E-state index in [9.17, 15) is 14.7 Å². The molecule has 2 rings (SSSR count). The lowest BCUT2D eigenvalue weighted by Gasteiger charge is -2.33. The average Bonchev–Trinajstić information content (AvgIpc) is 2.54. The number of carbonyl (C=O) groups is 2. The molecule has 1 aromatic carbocycles. The number of aryl methyl sites for hydroxylation is 2. The van der Waals surface area contributed by atoms with Crippen molar-refractivity contribution in [2.75, 3.05) is 11.5 Å². The van der Waals surface area contributed by atoms with Crippen LogP contribution in [0.15, 0.2) is 24.3 Å². The quantitative estimate of drug-likeness (QED) is 0.845. The first kappa shape index (κ1) is 16.9. The third kappa shape index (κ3) is 4.26. The largest absolute Gasteiger partial charge is 0.480 e. The van der Waals surface area contributed by atoms with Crippen LogP contribution in [-0.2, 0) is 22.4 Å². The molecule has 2 N–H and O–H groups in total. The average molecular weight is 321 g/mol. The molecule has 1 saturated heterocycles. The van der Waals surface area contributed by atoms with Gasteiger partial charge in [0.2, 0.25) is 5.91 Å². The van der Waals surface area contributed by atoms with Gasteiger partial charge in [-0.25, -0.2) is 4.79 Å². The van der Waals surface area contributed by atoms with Crippen molar-refractivity contribution in [3.05, 3.63) is 35.4 Å². The van der Waals surface area contributed by atoms with Gasteiger partial charge in [-0.2, -0.15) is 11.8 Å². The Bertz CT molecular complexity index is 521. The molecule has 120 valence electrons. The Morgan fingerprint density at radius 1 is 1.18 bits per heavy atom. The monoisotopic (exact) mass is 321 g/mol. The van der Waals surface area contributed by atoms with Crippen LogP contribution in [0, 0.1) is 0 Å². The molecule has 0 saturated carbocycles. The van der Waals surface area contributed by atoms with Gasteiger partial charge < -0.3 is 10.4 Å². The van der Waals surface area contributed by atoms with E-state index in [0.29, 0.717) is 25.7 Å². The molecular formula is C17H23NO3S. The topological polar surface area (TPSA) is 66.4 Å². The second-order valence-electron chi connectivity index (χ2n) is 5.72. The molecule has 0 spiro atoms. The maximum absolute atomic E-state index is 12.1. The molecule has 0 radical (unpaired) electrons. The first-order valence-corrected chi connectivity index (χ1v) is 8.91. The summed E-state index contributed by atoms with van der Waals surface area (Å²) in [6.45, 7) is 2.11. The molecule has 0 aromatic heterocycles. The van der Waals surface area contributed by atoms with Gasteiger partial charge in [0.1, 0.15) is 5.54 Å². The predicted molar refractivity (Wildman–Crippen MR) is 89.2 cm³/mol. The molecule has 5 heteroatoms. The Kier molecular flexibility index (Phi) is 5.89. The summed E-state index contributed by atoms with van der Waals surface area (Å²) in [6, 6.07) is 8.22. The number of benzene rings is 1. The van der Waals surface area contributed by atoms with E-state index >= 15 is 0 Å². The first-order valence-electron chi connectivity index (χ1n) is 7.76. The number of carboxylic acids is 1. The minimum Gasteiger partial charge on any atom is -0.480 e. The van der Waals surface area contributed by atoms with E-state index in [1.165, 1.54) is 5.56 Å². The number of hydrogen-bond donors (Lipinski definition) is 2. The number of aliphatic carboxylic acids is 1. The van der Waals surface area contributed by atoms with E-state index in [-0.39, 0.29) is 5.91 Å². The minimum atomic E-state index is -1.06. The van der Waals surface area contributed by atoms with Gasteiger partial charge in [-0.15, -0.1) is 0 Å². The highest BCUT2D eigenvalue weighted by molar-refractivity contribution is 7.99. The van der Waals surface area contributed by atoms with Crippen LogP contribution in [0.2, 0.25) is 0 Å². The summed E-state index contributed by atoms with van der Waals surface area (Å²) in [6.07, 6.45) is 2.97. The highest BCUT2D eigenvalue weighted by Gasteiger charge is 2.41. The molecule has 1 aromatic rings. The molecule has 1 aliphatic heterocycles. The molecule has 0 aliphatic carbocycles. The van der Waals surface area contributed by atoms with Crippen molar-refractivity contribution in [2.45, 2.75) is 44.6 Å². The van der Waals surface area contributed by atoms with Crippen molar-refractivity contribution >= 4 is 23.6 Å². The minimum absolute atomic E-state index is 0.172. The van der Waals surface area contributed by atoms with Gasteiger partial charge >= 0.3 is 5.97 Å². The fourth-order valence-electron chi connectivity index (χ4n) is 2.64. The molecule has 1 fully saturated rings. The molecule has 1 amide bonds. The Balaban J connectivity index is 1.89. The van der Waals surface area contributed by atoms with Crippen LogP contribution >= 0.6 is 11.8 Å². The molecule has 4 nitrogen and oxygen atoms in total. The zero-order valence-electron chi connectivity index (χ0n) is 12.9. The summed E-state index contributed by atoms with van der Waals surface area (Å²) in [5.41, 5.74) is 1.32. The number of carbonyl (C=O) groups excluding carboxylic acids is 1. The lowest BCUT2D eigenvalue weighted by Crippen LogP contribution is -2.56. The molecular weight excluding hydrogens is 298 g/mol. The van der Waals surface area contributed by atoms with Crippen molar-refractivity contribution in [1.29, 1.82) is 0 Å². The third-order valence-electron chi connectivity index (χ3n) is 4.21. The fraction of sp³-hybridized carbons (Fsp3) is 0.529. The summed E-state index contributed by atoms with van der Waals surface area (Å²) in [4.78, 5) is 23.7. The first-order chi connectivity index (χ1) is 10.6. The van der Waals surface area contributed by atoms with Gasteiger partial charge in [0, 0.05) is 6.42 Å². The van der Waals surface area contributed by atoms with Crippen molar-refractivity contribution in [3.63, 3.8) is 0 Å². The Morgan fingerprint density at radius 2 is 1.77 bits per heavy atom. The van der Waals surface area contributed by atoms with Gasteiger partial charge in [-0.3, -0.25) is 4.79 Å². The number of thioether (sulfide) groups is 1. The van der Waals surface area contributed by atoms with Gasteiger partial charge in [-0.05, 0) is 48.3 Å². The molecule has 0 bridgehead atoms. The molecule has 0 atom stereocenters. The smallest absolute Gasteiger partial charge is 0.329 e. The van der Waals surface area contributed by atoms with Crippen molar-refractivity contribution in [3.8, 4) is 0 Å². The van der Waals surface area contributed by atoms with Gasteiger partial charge in [0.25, 0.3) is 0 Å². The Labute approximate surface area is 135 Å². The summed E-state index contributed by atoms with van der Waals surface area (Å²) < 4.78 is 0. The summed E-state index contributed by atoms with van der Waals surface area (Å²) >= 11 is 1.74. The van der Waals surface area contributed by atoms with Gasteiger partial charge in [-0.1, -0.05) is 31.2 Å². The van der Waals surface area contributed by atoms with E-state index in [4.69, 9.17) is 0 Å². The lowest BCUT2D eigenvalue weighted by atomic mass is 9.92. The Hall–Kier alpha value is -1.49. The summed E-state index contributed by atoms with van der Waals surface area (Å²) in [5.74, 6) is 0.484. The van der Waals surface area contributed by atoms with E-state index in [1.54, 1.807) is 11.8 Å². The van der Waals surface area contributed by atoms with Crippen LogP contribution in [0.5, 0.6) is 0 Å². The highest BCUT2D eigenvalue weighted by atomic mass is 32.2. The van der Waals surface area contributed by atoms with Crippen molar-refractivity contribution in [1.82, 2.24) is 5.32 Å². The van der Waals surface area contributed by atoms with E-state index in [0.717, 1.165) is 23.5 Å². The van der Waals surface area contributed by atoms with Crippen LogP contribution in [0.4, 0.5) is 0 Å². The number of hydrogen-bond acceptors (Lipinski definition) is 3. The van der Waals surface area contributed by atoms with E-state index in [1.807, 2.05) is 12.1 Å². The van der Waals surface area contributed by atoms with Crippen LogP contribution in [0.1, 0.15) is 37.3 Å². The van der Waals surface area contributed by atoms with Crippen LogP contribution in [0.3, 0.4) is 0 Å². The van der Waals surface area contributed by atoms with Gasteiger partial charge in [0.05, 0.1) is 0 Å². The van der Waals surface area contributed by atoms with Crippen LogP contribution in [0.25, 0.3) is 0 Å². The molecule has 1 aliphatic rings. The maximum Gasteiger partial charge on any atom is 0.329 e. The summed E-state index contributed by atoms with van der Waals surface area (Å²) in [7, 11) is 0. The normalized spacial score (nSPS) is 17.0. The number of carboxylic acid groups (broad SMARTS) is 1. The predicted octanol–water partition coefficient (Wildman–Crippen LogP) is 2.65. The number of nitrogens with one attached hydrogen (secondary N) is 1. The van der Waals surface area contributed by atoms with E-state index < -0.39 is 11.5 Å². The van der Waals surface area contributed by atoms with Crippen molar-refractivity contribution in [2.24, 2.45) is 0 Å². The number of amides is 1. The highest BCUT2D eigenvalue weighted by Crippen LogP contribution is 2.27. The third-order valence-corrected chi connectivity index (χ3v) is 5.19. The Morgan fingerprint density at radius 3 is 2.32 bits per heavy atom. The summed E-state index contributed by atoms with van der Waals surface area (Å²) in [5, 5.41) is 12.2. The lowest BCUT2D eigenvalue weighted by molar-refractivity contribution is -0.148. The molecule has 0 unspecified atom stereocenters. The molecule has 1 heterocycles. The van der Waals surface area contributed by atoms with Crippen LogP contribution in [-0.4, -0.2) is 34.0 Å². The zero-order chi connectivity index (χ0) is 16.0. The van der Waals surface area contributed by atoms with E-state index in [2.05, 4.69) is 24.4 Å².